The van der Waals surface area contributed by atoms with Crippen LogP contribution in [0.5, 0.6) is 11.5 Å². The van der Waals surface area contributed by atoms with Crippen molar-refractivity contribution in [2.75, 3.05) is 14.2 Å². The molecule has 10 rings (SSSR count). The van der Waals surface area contributed by atoms with Crippen molar-refractivity contribution < 1.29 is 18.3 Å². The summed E-state index contributed by atoms with van der Waals surface area (Å²) in [6.07, 6.45) is 3.53. The van der Waals surface area contributed by atoms with Gasteiger partial charge in [-0.05, 0) is 187 Å². The minimum atomic E-state index is -0.188. The largest absolute Gasteiger partial charge is 0.496 e. The molecule has 0 atom stereocenters. The second-order valence-electron chi connectivity index (χ2n) is 20.9. The number of thiophene rings is 2. The minimum Gasteiger partial charge on any atom is -0.496 e. The van der Waals surface area contributed by atoms with E-state index >= 15 is 0 Å². The van der Waals surface area contributed by atoms with Crippen LogP contribution < -0.4 is 9.47 Å². The lowest BCUT2D eigenvalue weighted by molar-refractivity contribution is 0.407. The topological polar surface area (TPSA) is 39.5 Å². The van der Waals surface area contributed by atoms with Crippen LogP contribution in [0.25, 0.3) is 41.9 Å². The monoisotopic (exact) mass is 1190 g/mol. The Labute approximate surface area is 489 Å². The Kier molecular flexibility index (Phi) is 24.1. The summed E-state index contributed by atoms with van der Waals surface area (Å²) in [6.45, 7) is 33.9. The summed E-state index contributed by atoms with van der Waals surface area (Å²) in [5.74, 6) is 3.69. The number of ether oxygens (including phenoxy) is 2. The first-order valence-electron chi connectivity index (χ1n) is 26.5. The average molecular weight is 1190 g/mol. The number of rotatable bonds is 8. The van der Waals surface area contributed by atoms with E-state index in [1.165, 1.54) is 60.3 Å². The molecular weight excluding hydrogens is 1110 g/mol. The molecule has 0 fully saturated rings. The van der Waals surface area contributed by atoms with Crippen LogP contribution in [0.15, 0.2) is 143 Å². The van der Waals surface area contributed by atoms with Crippen molar-refractivity contribution in [1.29, 1.82) is 0 Å². The summed E-state index contributed by atoms with van der Waals surface area (Å²) in [7, 11) is 3.44. The normalized spacial score (nSPS) is 11.8. The molecule has 0 spiro atoms. The molecule has 5 nitrogen and oxygen atoms in total. The van der Waals surface area contributed by atoms with E-state index in [4.69, 9.17) is 21.7 Å². The highest BCUT2D eigenvalue weighted by atomic mass is 79.9. The molecule has 0 saturated carbocycles. The zero-order valence-electron chi connectivity index (χ0n) is 48.3. The molecule has 1 aliphatic heterocycles. The third-order valence-corrected chi connectivity index (χ3v) is 16.8. The number of methoxy groups -OCH3 is 2. The third kappa shape index (κ3) is 16.8. The zero-order valence-corrected chi connectivity index (χ0v) is 53.1. The van der Waals surface area contributed by atoms with E-state index in [0.29, 0.717) is 35.3 Å². The van der Waals surface area contributed by atoms with Crippen LogP contribution in [0.1, 0.15) is 157 Å². The number of pyridine rings is 1. The van der Waals surface area contributed by atoms with Gasteiger partial charge in [-0.25, -0.2) is 13.8 Å². The van der Waals surface area contributed by atoms with Crippen LogP contribution in [-0.2, 0) is 0 Å². The standard InChI is InChI=1S/C13H14FN.C12H14OS.C12H14S.C10H13BrO.C10H13F.C9H10N2S2/c1-9(2)15-8-13(14)12-7-5-4-6-11(12)10(15)3;1-8(2)10-7-12-9(4-5-14-12)6-11(10)13-3;1-8(2)11-7-10-4-5-13-12(10)6-9(11)3;1-7(2)9-5-4-8(11)6-10(9)12-3;1-7(2)10-6-9(11)5-4-8(10)3;1-6(2)11-4-3-7-8(9(11)12)13-5-10-7/h4-9H,3H2,1-2H3;4-8H,1-3H3;4-8H,1-3H3;4-7H,1-3H3;4-7H,1-3H3;3-6H,1-2H3. The quantitative estimate of drug-likeness (QED) is 0.142. The van der Waals surface area contributed by atoms with Gasteiger partial charge in [-0.15, -0.1) is 34.0 Å². The molecule has 0 amide bonds. The van der Waals surface area contributed by atoms with E-state index < -0.39 is 0 Å². The van der Waals surface area contributed by atoms with E-state index in [1.807, 2.05) is 91.2 Å². The summed E-state index contributed by atoms with van der Waals surface area (Å²) in [6, 6.07) is 34.5. The Morgan fingerprint density at radius 1 is 0.590 bits per heavy atom. The molecule has 0 radical (unpaired) electrons. The van der Waals surface area contributed by atoms with Crippen LogP contribution in [-0.4, -0.2) is 34.7 Å². The average Bonchev–Trinajstić information content (AvgIpc) is 4.22. The summed E-state index contributed by atoms with van der Waals surface area (Å²) in [5, 5.41) is 6.94. The van der Waals surface area contributed by atoms with Gasteiger partial charge in [-0.2, -0.15) is 0 Å². The first kappa shape index (κ1) is 63.3. The smallest absolute Gasteiger partial charge is 0.147 e. The van der Waals surface area contributed by atoms with E-state index in [2.05, 4.69) is 161 Å². The minimum absolute atomic E-state index is 0.140. The number of hydrogen-bond donors (Lipinski definition) is 0. The molecule has 78 heavy (non-hydrogen) atoms. The van der Waals surface area contributed by atoms with Crippen LogP contribution in [0.3, 0.4) is 0 Å². The van der Waals surface area contributed by atoms with Gasteiger partial charge in [0.2, 0.25) is 0 Å². The fourth-order valence-corrected chi connectivity index (χ4v) is 12.1. The van der Waals surface area contributed by atoms with Gasteiger partial charge in [0.25, 0.3) is 0 Å². The zero-order chi connectivity index (χ0) is 57.5. The lowest BCUT2D eigenvalue weighted by atomic mass is 9.97. The highest BCUT2D eigenvalue weighted by molar-refractivity contribution is 9.10. The first-order chi connectivity index (χ1) is 37.0. The maximum Gasteiger partial charge on any atom is 0.147 e. The highest BCUT2D eigenvalue weighted by Crippen LogP contribution is 2.36. The van der Waals surface area contributed by atoms with Gasteiger partial charge >= 0.3 is 0 Å². The summed E-state index contributed by atoms with van der Waals surface area (Å²) in [4.78, 5) is 6.08. The maximum absolute atomic E-state index is 13.7. The van der Waals surface area contributed by atoms with Crippen LogP contribution in [0.4, 0.5) is 8.78 Å². The summed E-state index contributed by atoms with van der Waals surface area (Å²) < 4.78 is 45.0. The van der Waals surface area contributed by atoms with Gasteiger partial charge in [-0.3, -0.25) is 0 Å². The Morgan fingerprint density at radius 3 is 1.72 bits per heavy atom. The Morgan fingerprint density at radius 2 is 1.15 bits per heavy atom. The van der Waals surface area contributed by atoms with Crippen LogP contribution in [0, 0.1) is 24.3 Å². The number of halogens is 3. The molecule has 0 aliphatic carbocycles. The van der Waals surface area contributed by atoms with Crippen molar-refractivity contribution in [3.05, 3.63) is 198 Å². The molecule has 414 valence electrons. The number of aromatic nitrogens is 2. The molecule has 5 heterocycles. The summed E-state index contributed by atoms with van der Waals surface area (Å²) in [5.41, 5.74) is 12.9. The Balaban J connectivity index is 0.000000173. The van der Waals surface area contributed by atoms with E-state index in [1.54, 1.807) is 49.0 Å². The second-order valence-corrected chi connectivity index (χ2v) is 24.9. The van der Waals surface area contributed by atoms with Gasteiger partial charge in [0.05, 0.1) is 29.9 Å². The lowest BCUT2D eigenvalue weighted by Gasteiger charge is -2.31. The Bertz CT molecular complexity index is 3490. The first-order valence-corrected chi connectivity index (χ1v) is 30.3. The Hall–Kier alpha value is -5.50. The van der Waals surface area contributed by atoms with E-state index in [9.17, 15) is 8.78 Å². The predicted molar refractivity (Wildman–Crippen MR) is 343 cm³/mol. The van der Waals surface area contributed by atoms with Crippen molar-refractivity contribution in [3.8, 4) is 11.5 Å². The van der Waals surface area contributed by atoms with Crippen molar-refractivity contribution in [2.45, 2.75) is 133 Å². The van der Waals surface area contributed by atoms with Crippen molar-refractivity contribution in [1.82, 2.24) is 14.5 Å². The van der Waals surface area contributed by atoms with Gasteiger partial charge in [0.1, 0.15) is 27.8 Å². The van der Waals surface area contributed by atoms with Gasteiger partial charge < -0.3 is 18.9 Å². The third-order valence-electron chi connectivity index (χ3n) is 13.2. The number of nitrogens with zero attached hydrogens (tertiary/aromatic N) is 3. The molecule has 12 heteroatoms. The SMILES string of the molecule is C=C1c2ccccc2C(F)=CN1C(C)C.CC(C)n1ccc2ncsc2c1=S.COc1cc(Br)ccc1C(C)C.COc1cc2ccsc2cc1C(C)C.Cc1cc2sccc2cc1C(C)C.Cc1ccc(F)cc1C(C)C. The maximum atomic E-state index is 13.7. The molecule has 0 N–H and O–H groups in total. The molecule has 5 aromatic carbocycles. The van der Waals surface area contributed by atoms with E-state index in [-0.39, 0.29) is 17.7 Å². The molecular formula is C66H78BrF2N3O2S4. The number of thiazole rings is 1. The number of hydrogen-bond acceptors (Lipinski definition) is 8. The lowest BCUT2D eigenvalue weighted by Crippen LogP contribution is -2.26. The van der Waals surface area contributed by atoms with Crippen molar-refractivity contribution in [2.24, 2.45) is 0 Å². The fourth-order valence-electron chi connectivity index (χ4n) is 8.87. The molecule has 4 aromatic heterocycles. The molecule has 0 saturated heterocycles. The number of fused-ring (bicyclic) bond motifs is 4. The van der Waals surface area contributed by atoms with E-state index in [0.717, 1.165) is 47.7 Å². The molecule has 0 unspecified atom stereocenters. The van der Waals surface area contributed by atoms with Crippen LogP contribution in [0.2, 0.25) is 0 Å². The van der Waals surface area contributed by atoms with Gasteiger partial charge in [0.15, 0.2) is 0 Å². The number of benzene rings is 5. The second kappa shape index (κ2) is 29.6. The molecule has 1 aliphatic rings. The van der Waals surface area contributed by atoms with Gasteiger partial charge in [-0.1, -0.05) is 127 Å². The summed E-state index contributed by atoms with van der Waals surface area (Å²) >= 11 is 14.0. The highest BCUT2D eigenvalue weighted by Gasteiger charge is 2.22. The van der Waals surface area contributed by atoms with Gasteiger partial charge in [0, 0.05) is 55.2 Å². The molecule has 0 bridgehead atoms. The number of aryl methyl sites for hydroxylation is 2. The fraction of sp³-hybridized carbons (Fsp3) is 0.333. The predicted octanol–water partition coefficient (Wildman–Crippen LogP) is 22.3. The van der Waals surface area contributed by atoms with Crippen molar-refractivity contribution in [3.63, 3.8) is 0 Å². The van der Waals surface area contributed by atoms with Crippen molar-refractivity contribution >= 4 is 104 Å². The van der Waals surface area contributed by atoms with Crippen LogP contribution >= 0.6 is 62.2 Å². The molecule has 9 aromatic rings.